The molecule has 6 nitrogen and oxygen atoms in total. The summed E-state index contributed by atoms with van der Waals surface area (Å²) in [5.41, 5.74) is 1.56. The molecule has 1 aliphatic carbocycles. The number of hydrogen-bond donors (Lipinski definition) is 2. The number of aromatic nitrogens is 2. The summed E-state index contributed by atoms with van der Waals surface area (Å²) in [6.07, 6.45) is 2.31. The summed E-state index contributed by atoms with van der Waals surface area (Å²) in [4.78, 5) is 12.5. The first-order valence-electron chi connectivity index (χ1n) is 9.06. The molecule has 0 spiro atoms. The number of anilines is 1. The first kappa shape index (κ1) is 17.8. The smallest absolute Gasteiger partial charge is 0.407 e. The van der Waals surface area contributed by atoms with Gasteiger partial charge >= 0.3 is 6.09 Å². The van der Waals surface area contributed by atoms with E-state index in [1.54, 1.807) is 37.0 Å². The highest BCUT2D eigenvalue weighted by Gasteiger charge is 2.42. The second kappa shape index (κ2) is 6.51. The minimum Gasteiger partial charge on any atom is -0.465 e. The zero-order valence-electron chi connectivity index (χ0n) is 15.2. The van der Waals surface area contributed by atoms with Crippen molar-refractivity contribution in [1.29, 1.82) is 0 Å². The van der Waals surface area contributed by atoms with Crippen LogP contribution in [0.5, 0.6) is 0 Å². The summed E-state index contributed by atoms with van der Waals surface area (Å²) in [6.45, 7) is 2.80. The maximum Gasteiger partial charge on any atom is 0.407 e. The first-order valence-corrected chi connectivity index (χ1v) is 9.06. The lowest BCUT2D eigenvalue weighted by Gasteiger charge is -2.19. The molecule has 1 aliphatic heterocycles. The van der Waals surface area contributed by atoms with Gasteiger partial charge in [0.1, 0.15) is 0 Å². The third-order valence-electron chi connectivity index (χ3n) is 5.77. The Hall–Kier alpha value is -2.64. The third kappa shape index (κ3) is 3.13. The highest BCUT2D eigenvalue weighted by atomic mass is 19.2. The van der Waals surface area contributed by atoms with Gasteiger partial charge in [0, 0.05) is 43.5 Å². The van der Waals surface area contributed by atoms with E-state index in [1.165, 1.54) is 4.90 Å². The number of benzene rings is 1. The molecule has 4 rings (SSSR count). The number of hydrogen-bond acceptors (Lipinski definition) is 3. The van der Waals surface area contributed by atoms with Crippen molar-refractivity contribution in [3.8, 4) is 11.1 Å². The molecule has 1 unspecified atom stereocenters. The molecule has 2 aliphatic rings. The van der Waals surface area contributed by atoms with Crippen molar-refractivity contribution in [2.24, 2.45) is 18.9 Å². The van der Waals surface area contributed by atoms with Crippen LogP contribution in [-0.2, 0) is 7.05 Å². The van der Waals surface area contributed by atoms with E-state index in [9.17, 15) is 13.6 Å². The van der Waals surface area contributed by atoms with Gasteiger partial charge in [0.15, 0.2) is 11.6 Å². The molecule has 144 valence electrons. The van der Waals surface area contributed by atoms with Crippen LogP contribution in [0.4, 0.5) is 19.3 Å². The quantitative estimate of drug-likeness (QED) is 0.861. The highest BCUT2D eigenvalue weighted by molar-refractivity contribution is 5.69. The summed E-state index contributed by atoms with van der Waals surface area (Å²) >= 11 is 0. The molecular weight excluding hydrogens is 354 g/mol. The average Bonchev–Trinajstić information content (AvgIpc) is 3.25. The molecular formula is C19H22F2N4O2. The molecule has 2 fully saturated rings. The van der Waals surface area contributed by atoms with Crippen LogP contribution >= 0.6 is 0 Å². The predicted octanol–water partition coefficient (Wildman–Crippen LogP) is 3.47. The third-order valence-corrected chi connectivity index (χ3v) is 5.77. The summed E-state index contributed by atoms with van der Waals surface area (Å²) in [6, 6.07) is 3.17. The summed E-state index contributed by atoms with van der Waals surface area (Å²) in [7, 11) is 1.74. The van der Waals surface area contributed by atoms with E-state index in [1.807, 2.05) is 0 Å². The normalized spacial score (nSPS) is 24.3. The fraction of sp³-hybridized carbons (Fsp3) is 0.474. The summed E-state index contributed by atoms with van der Waals surface area (Å²) < 4.78 is 30.9. The Bertz CT molecular complexity index is 884. The Morgan fingerprint density at radius 3 is 2.41 bits per heavy atom. The Morgan fingerprint density at radius 1 is 1.19 bits per heavy atom. The lowest BCUT2D eigenvalue weighted by atomic mass is 10.0. The van der Waals surface area contributed by atoms with E-state index in [0.717, 1.165) is 12.8 Å². The van der Waals surface area contributed by atoms with Crippen LogP contribution in [0.15, 0.2) is 18.3 Å². The van der Waals surface area contributed by atoms with E-state index in [-0.39, 0.29) is 29.1 Å². The number of carboxylic acid groups (broad SMARTS) is 1. The fourth-order valence-corrected chi connectivity index (χ4v) is 4.53. The molecule has 1 saturated heterocycles. The highest BCUT2D eigenvalue weighted by Crippen LogP contribution is 2.40. The van der Waals surface area contributed by atoms with Crippen LogP contribution in [0.25, 0.3) is 11.1 Å². The Morgan fingerprint density at radius 2 is 1.85 bits per heavy atom. The summed E-state index contributed by atoms with van der Waals surface area (Å²) in [5.74, 6) is -1.21. The topological polar surface area (TPSA) is 70.4 Å². The van der Waals surface area contributed by atoms with Gasteiger partial charge in [-0.25, -0.2) is 13.6 Å². The standard InChI is InChI=1S/C19H22F2N4O2/c1-10-15(9-24(2)23-10)14-3-4-16(18(21)17(14)20)22-13-5-11-7-25(19(26)27)8-12(11)6-13/h3-4,9,11-13,22H,5-8H2,1-2H3,(H,26,27)/t11-,12+,13?. The van der Waals surface area contributed by atoms with Crippen LogP contribution < -0.4 is 5.32 Å². The molecule has 0 bridgehead atoms. The zero-order valence-corrected chi connectivity index (χ0v) is 15.2. The van der Waals surface area contributed by atoms with Gasteiger partial charge in [0.05, 0.1) is 11.4 Å². The van der Waals surface area contributed by atoms with Gasteiger partial charge in [-0.15, -0.1) is 0 Å². The largest absolute Gasteiger partial charge is 0.465 e. The van der Waals surface area contributed by atoms with E-state index in [2.05, 4.69) is 10.4 Å². The van der Waals surface area contributed by atoms with E-state index in [0.29, 0.717) is 24.3 Å². The Kier molecular flexibility index (Phi) is 4.28. The van der Waals surface area contributed by atoms with Gasteiger partial charge < -0.3 is 15.3 Å². The second-order valence-electron chi connectivity index (χ2n) is 7.61. The minimum absolute atomic E-state index is 0.0239. The predicted molar refractivity (Wildman–Crippen MR) is 96.5 cm³/mol. The molecule has 8 heteroatoms. The molecule has 0 radical (unpaired) electrons. The molecule has 3 atom stereocenters. The Labute approximate surface area is 155 Å². The SMILES string of the molecule is Cc1nn(C)cc1-c1ccc(NC2C[C@@H]3CN(C(=O)O)C[C@@H]3C2)c(F)c1F. The minimum atomic E-state index is -0.889. The Balaban J connectivity index is 1.49. The number of fused-ring (bicyclic) bond motifs is 1. The van der Waals surface area contributed by atoms with E-state index < -0.39 is 17.7 Å². The van der Waals surface area contributed by atoms with Crippen LogP contribution in [0, 0.1) is 30.4 Å². The van der Waals surface area contributed by atoms with Crippen molar-refractivity contribution in [2.45, 2.75) is 25.8 Å². The van der Waals surface area contributed by atoms with Crippen molar-refractivity contribution >= 4 is 11.8 Å². The van der Waals surface area contributed by atoms with Gasteiger partial charge in [-0.3, -0.25) is 4.68 Å². The molecule has 1 saturated carbocycles. The van der Waals surface area contributed by atoms with Crippen molar-refractivity contribution in [2.75, 3.05) is 18.4 Å². The summed E-state index contributed by atoms with van der Waals surface area (Å²) in [5, 5.41) is 16.4. The lowest BCUT2D eigenvalue weighted by molar-refractivity contribution is 0.152. The van der Waals surface area contributed by atoms with Crippen molar-refractivity contribution in [3.05, 3.63) is 35.7 Å². The van der Waals surface area contributed by atoms with Crippen molar-refractivity contribution in [3.63, 3.8) is 0 Å². The van der Waals surface area contributed by atoms with E-state index >= 15 is 0 Å². The molecule has 1 aromatic heterocycles. The van der Waals surface area contributed by atoms with Gasteiger partial charge in [0.25, 0.3) is 0 Å². The number of nitrogens with zero attached hydrogens (tertiary/aromatic N) is 3. The zero-order chi connectivity index (χ0) is 19.3. The van der Waals surface area contributed by atoms with Gasteiger partial charge in [-0.1, -0.05) is 0 Å². The number of halogens is 2. The van der Waals surface area contributed by atoms with Crippen LogP contribution in [0.1, 0.15) is 18.5 Å². The van der Waals surface area contributed by atoms with Crippen LogP contribution in [0.3, 0.4) is 0 Å². The molecule has 1 amide bonds. The second-order valence-corrected chi connectivity index (χ2v) is 7.61. The molecule has 2 N–H and O–H groups in total. The van der Waals surface area contributed by atoms with Crippen LogP contribution in [0.2, 0.25) is 0 Å². The first-order chi connectivity index (χ1) is 12.8. The lowest BCUT2D eigenvalue weighted by Crippen LogP contribution is -2.29. The number of likely N-dealkylation sites (tertiary alicyclic amines) is 1. The van der Waals surface area contributed by atoms with Crippen LogP contribution in [-0.4, -0.2) is 45.0 Å². The maximum atomic E-state index is 14.7. The number of rotatable bonds is 3. The monoisotopic (exact) mass is 376 g/mol. The number of carbonyl (C=O) groups is 1. The number of aryl methyl sites for hydroxylation is 2. The average molecular weight is 376 g/mol. The molecule has 2 heterocycles. The van der Waals surface area contributed by atoms with Crippen molar-refractivity contribution in [1.82, 2.24) is 14.7 Å². The number of amides is 1. The fourth-order valence-electron chi connectivity index (χ4n) is 4.53. The molecule has 1 aromatic carbocycles. The molecule has 2 aromatic rings. The van der Waals surface area contributed by atoms with E-state index in [4.69, 9.17) is 5.11 Å². The molecule has 27 heavy (non-hydrogen) atoms. The van der Waals surface area contributed by atoms with Gasteiger partial charge in [-0.2, -0.15) is 5.10 Å². The number of nitrogens with one attached hydrogen (secondary N) is 1. The van der Waals surface area contributed by atoms with Gasteiger partial charge in [-0.05, 0) is 43.7 Å². The van der Waals surface area contributed by atoms with Crippen molar-refractivity contribution < 1.29 is 18.7 Å². The maximum absolute atomic E-state index is 14.7. The van der Waals surface area contributed by atoms with Gasteiger partial charge in [0.2, 0.25) is 0 Å².